The highest BCUT2D eigenvalue weighted by molar-refractivity contribution is 5.91. The average molecular weight is 285 g/mol. The van der Waals surface area contributed by atoms with Gasteiger partial charge in [-0.2, -0.15) is 0 Å². The van der Waals surface area contributed by atoms with E-state index in [0.29, 0.717) is 6.42 Å². The maximum absolute atomic E-state index is 12.1. The first-order valence-corrected chi connectivity index (χ1v) is 7.69. The van der Waals surface area contributed by atoms with Crippen molar-refractivity contribution in [1.82, 2.24) is 0 Å². The molecule has 1 aliphatic carbocycles. The van der Waals surface area contributed by atoms with Gasteiger partial charge in [0, 0.05) is 17.7 Å². The number of carbonyl (C=O) groups excluding carboxylic acids is 1. The summed E-state index contributed by atoms with van der Waals surface area (Å²) in [5.74, 6) is 6.30. The number of hydrogen-bond donors (Lipinski definition) is 2. The molecule has 0 bridgehead atoms. The van der Waals surface area contributed by atoms with Crippen molar-refractivity contribution in [1.29, 1.82) is 0 Å². The van der Waals surface area contributed by atoms with Crippen LogP contribution >= 0.6 is 0 Å². The largest absolute Gasteiger partial charge is 0.384 e. The van der Waals surface area contributed by atoms with E-state index in [-0.39, 0.29) is 12.5 Å². The molecular weight excluding hydrogens is 262 g/mol. The van der Waals surface area contributed by atoms with Crippen LogP contribution in [0.15, 0.2) is 18.2 Å². The number of carbonyl (C=O) groups is 1. The molecule has 1 fully saturated rings. The lowest BCUT2D eigenvalue weighted by Gasteiger charge is -2.11. The fourth-order valence-corrected chi connectivity index (χ4v) is 2.82. The minimum atomic E-state index is -0.156. The molecule has 2 N–H and O–H groups in total. The summed E-state index contributed by atoms with van der Waals surface area (Å²) in [6.07, 6.45) is 6.77. The van der Waals surface area contributed by atoms with E-state index in [2.05, 4.69) is 17.2 Å². The molecule has 0 heterocycles. The Morgan fingerprint density at radius 2 is 2.14 bits per heavy atom. The highest BCUT2D eigenvalue weighted by atomic mass is 16.2. The van der Waals surface area contributed by atoms with Gasteiger partial charge >= 0.3 is 0 Å². The molecule has 0 aromatic heterocycles. The molecule has 2 rings (SSSR count). The maximum Gasteiger partial charge on any atom is 0.224 e. The highest BCUT2D eigenvalue weighted by Gasteiger charge is 2.16. The van der Waals surface area contributed by atoms with Gasteiger partial charge in [0.1, 0.15) is 6.61 Å². The Labute approximate surface area is 126 Å². The van der Waals surface area contributed by atoms with E-state index < -0.39 is 0 Å². The van der Waals surface area contributed by atoms with Crippen LogP contribution in [-0.4, -0.2) is 17.6 Å². The van der Waals surface area contributed by atoms with Gasteiger partial charge in [0.25, 0.3) is 0 Å². The molecule has 0 spiro atoms. The van der Waals surface area contributed by atoms with Crippen LogP contribution in [-0.2, 0) is 4.79 Å². The zero-order valence-electron chi connectivity index (χ0n) is 12.6. The van der Waals surface area contributed by atoms with E-state index in [1.165, 1.54) is 25.7 Å². The van der Waals surface area contributed by atoms with Gasteiger partial charge in [-0.15, -0.1) is 0 Å². The normalized spacial score (nSPS) is 14.6. The van der Waals surface area contributed by atoms with E-state index in [0.717, 1.165) is 29.2 Å². The molecule has 0 atom stereocenters. The van der Waals surface area contributed by atoms with Crippen LogP contribution in [0.4, 0.5) is 5.69 Å². The van der Waals surface area contributed by atoms with E-state index in [9.17, 15) is 4.79 Å². The van der Waals surface area contributed by atoms with E-state index in [4.69, 9.17) is 5.11 Å². The molecule has 3 nitrogen and oxygen atoms in total. The van der Waals surface area contributed by atoms with Gasteiger partial charge in [-0.05, 0) is 37.0 Å². The van der Waals surface area contributed by atoms with Crippen molar-refractivity contribution >= 4 is 11.6 Å². The number of aryl methyl sites for hydroxylation is 1. The van der Waals surface area contributed by atoms with Crippen LogP contribution in [0.1, 0.15) is 49.7 Å². The Kier molecular flexibility index (Phi) is 5.83. The van der Waals surface area contributed by atoms with Crippen molar-refractivity contribution < 1.29 is 9.90 Å². The fraction of sp³-hybridized carbons (Fsp3) is 0.500. The van der Waals surface area contributed by atoms with Crippen molar-refractivity contribution in [3.63, 3.8) is 0 Å². The van der Waals surface area contributed by atoms with Crippen molar-refractivity contribution in [2.75, 3.05) is 11.9 Å². The molecule has 0 unspecified atom stereocenters. The number of aliphatic hydroxyl groups is 1. The monoisotopic (exact) mass is 285 g/mol. The van der Waals surface area contributed by atoms with E-state index in [1.807, 2.05) is 25.1 Å². The van der Waals surface area contributed by atoms with Gasteiger partial charge in [0.2, 0.25) is 5.91 Å². The third-order valence-electron chi connectivity index (χ3n) is 4.08. The smallest absolute Gasteiger partial charge is 0.224 e. The summed E-state index contributed by atoms with van der Waals surface area (Å²) in [6.45, 7) is 1.81. The van der Waals surface area contributed by atoms with Crippen LogP contribution < -0.4 is 5.32 Å². The number of nitrogens with one attached hydrogen (secondary N) is 1. The van der Waals surface area contributed by atoms with Gasteiger partial charge in [0.15, 0.2) is 0 Å². The van der Waals surface area contributed by atoms with Crippen LogP contribution in [0.5, 0.6) is 0 Å². The topological polar surface area (TPSA) is 49.3 Å². The molecule has 0 aliphatic heterocycles. The Hall–Kier alpha value is -1.79. The second kappa shape index (κ2) is 7.85. The molecule has 0 radical (unpaired) electrons. The third kappa shape index (κ3) is 4.91. The molecule has 0 saturated heterocycles. The fourth-order valence-electron chi connectivity index (χ4n) is 2.82. The van der Waals surface area contributed by atoms with Crippen molar-refractivity contribution in [2.24, 2.45) is 5.92 Å². The standard InChI is InChI=1S/C18H23NO2/c1-14-8-9-16(7-4-12-20)13-17(14)19-18(21)11-10-15-5-2-3-6-15/h8-9,13,15,20H,2-3,5-6,10-12H2,1H3,(H,19,21). The number of benzene rings is 1. The summed E-state index contributed by atoms with van der Waals surface area (Å²) in [5.41, 5.74) is 2.65. The van der Waals surface area contributed by atoms with Gasteiger partial charge < -0.3 is 10.4 Å². The second-order valence-corrected chi connectivity index (χ2v) is 5.73. The predicted molar refractivity (Wildman–Crippen MR) is 85.0 cm³/mol. The minimum Gasteiger partial charge on any atom is -0.384 e. The maximum atomic E-state index is 12.1. The van der Waals surface area contributed by atoms with Gasteiger partial charge in [0.05, 0.1) is 0 Å². The molecule has 3 heteroatoms. The summed E-state index contributed by atoms with van der Waals surface area (Å²) in [5, 5.41) is 11.7. The number of rotatable bonds is 4. The second-order valence-electron chi connectivity index (χ2n) is 5.73. The van der Waals surface area contributed by atoms with Crippen molar-refractivity contribution in [3.05, 3.63) is 29.3 Å². The average Bonchev–Trinajstić information content (AvgIpc) is 2.99. The van der Waals surface area contributed by atoms with Gasteiger partial charge in [-0.3, -0.25) is 4.79 Å². The number of hydrogen-bond acceptors (Lipinski definition) is 2. The Morgan fingerprint density at radius 3 is 2.86 bits per heavy atom. The number of anilines is 1. The van der Waals surface area contributed by atoms with Crippen molar-refractivity contribution in [3.8, 4) is 11.8 Å². The first kappa shape index (κ1) is 15.6. The quantitative estimate of drug-likeness (QED) is 0.834. The van der Waals surface area contributed by atoms with E-state index >= 15 is 0 Å². The molecular formula is C18H23NO2. The number of aliphatic hydroxyl groups excluding tert-OH is 1. The van der Waals surface area contributed by atoms with Gasteiger partial charge in [-0.25, -0.2) is 0 Å². The predicted octanol–water partition coefficient (Wildman–Crippen LogP) is 3.25. The van der Waals surface area contributed by atoms with Crippen LogP contribution in [0.2, 0.25) is 0 Å². The molecule has 21 heavy (non-hydrogen) atoms. The van der Waals surface area contributed by atoms with Crippen LogP contribution in [0, 0.1) is 24.7 Å². The molecule has 1 saturated carbocycles. The van der Waals surface area contributed by atoms with Gasteiger partial charge in [-0.1, -0.05) is 43.6 Å². The molecule has 112 valence electrons. The van der Waals surface area contributed by atoms with Crippen LogP contribution in [0.25, 0.3) is 0 Å². The molecule has 1 aromatic carbocycles. The highest BCUT2D eigenvalue weighted by Crippen LogP contribution is 2.28. The lowest BCUT2D eigenvalue weighted by molar-refractivity contribution is -0.116. The Morgan fingerprint density at radius 1 is 1.38 bits per heavy atom. The Balaban J connectivity index is 1.92. The summed E-state index contributed by atoms with van der Waals surface area (Å²) in [7, 11) is 0. The summed E-state index contributed by atoms with van der Waals surface area (Å²) in [6, 6.07) is 5.70. The molecule has 1 amide bonds. The summed E-state index contributed by atoms with van der Waals surface area (Å²) in [4.78, 5) is 12.1. The van der Waals surface area contributed by atoms with E-state index in [1.54, 1.807) is 0 Å². The zero-order valence-corrected chi connectivity index (χ0v) is 12.6. The Bertz CT molecular complexity index is 548. The summed E-state index contributed by atoms with van der Waals surface area (Å²) >= 11 is 0. The molecule has 1 aromatic rings. The molecule has 1 aliphatic rings. The SMILES string of the molecule is Cc1ccc(C#CCO)cc1NC(=O)CCC1CCCC1. The zero-order chi connectivity index (χ0) is 15.1. The summed E-state index contributed by atoms with van der Waals surface area (Å²) < 4.78 is 0. The first-order valence-electron chi connectivity index (χ1n) is 7.69. The third-order valence-corrected chi connectivity index (χ3v) is 4.08. The lowest BCUT2D eigenvalue weighted by Crippen LogP contribution is -2.13. The minimum absolute atomic E-state index is 0.0808. The first-order chi connectivity index (χ1) is 10.2. The number of amides is 1. The van der Waals surface area contributed by atoms with Crippen molar-refractivity contribution in [2.45, 2.75) is 45.4 Å². The lowest BCUT2D eigenvalue weighted by atomic mass is 10.0. The van der Waals surface area contributed by atoms with Crippen LogP contribution in [0.3, 0.4) is 0 Å².